The van der Waals surface area contributed by atoms with Gasteiger partial charge in [-0.15, -0.1) is 0 Å². The molecule has 0 aliphatic carbocycles. The third-order valence-corrected chi connectivity index (χ3v) is 6.94. The highest BCUT2D eigenvalue weighted by molar-refractivity contribution is 5.40. The topological polar surface area (TPSA) is 24.9 Å². The average Bonchev–Trinajstić information content (AvgIpc) is 3.71. The number of rotatable bonds is 0. The van der Waals surface area contributed by atoms with Gasteiger partial charge in [0.1, 0.15) is 13.2 Å². The van der Waals surface area contributed by atoms with Crippen molar-refractivity contribution >= 4 is 0 Å². The highest BCUT2D eigenvalue weighted by Crippen LogP contribution is 2.28. The van der Waals surface area contributed by atoms with Gasteiger partial charge in [-0.1, -0.05) is 104 Å². The summed E-state index contributed by atoms with van der Waals surface area (Å²) < 4.78 is 10.6. The minimum atomic E-state index is 0.385. The molecule has 0 amide bonds. The Balaban J connectivity index is -0.000000478. The smallest absolute Gasteiger partial charge is 0.161 e. The monoisotopic (exact) mass is 617 g/mol. The van der Waals surface area contributed by atoms with Crippen LogP contribution >= 0.6 is 0 Å². The fraction of sp³-hybridized carbons (Fsp3) is 0.700. The lowest BCUT2D eigenvalue weighted by molar-refractivity contribution is 0.130. The number of ether oxygens (including phenoxy) is 2. The summed E-state index contributed by atoms with van der Waals surface area (Å²) in [7, 11) is 0. The lowest BCUT2D eigenvalue weighted by Gasteiger charge is -2.35. The van der Waals surface area contributed by atoms with Crippen LogP contribution in [-0.4, -0.2) is 59.3 Å². The number of hydrogen-bond acceptors (Lipinski definition) is 4. The van der Waals surface area contributed by atoms with Crippen LogP contribution in [0.5, 0.6) is 11.5 Å². The Hall–Kier alpha value is -2.04. The molecule has 2 saturated heterocycles. The second kappa shape index (κ2) is 28.4. The van der Waals surface area contributed by atoms with E-state index >= 15 is 0 Å². The van der Waals surface area contributed by atoms with Crippen molar-refractivity contribution in [3.05, 3.63) is 60.7 Å². The average molecular weight is 617 g/mol. The van der Waals surface area contributed by atoms with Crippen molar-refractivity contribution in [3.8, 4) is 11.5 Å². The quantitative estimate of drug-likeness (QED) is 0.294. The molecular formula is C40H76N2O2. The van der Waals surface area contributed by atoms with Crippen molar-refractivity contribution in [2.24, 2.45) is 0 Å². The number of fused-ring (bicyclic) bond motifs is 1. The molecule has 0 spiro atoms. The summed E-state index contributed by atoms with van der Waals surface area (Å²) >= 11 is 0. The molecule has 0 radical (unpaired) electrons. The number of benzene rings is 2. The van der Waals surface area contributed by atoms with Gasteiger partial charge in [-0.3, -0.25) is 9.80 Å². The second-order valence-corrected chi connectivity index (χ2v) is 12.0. The molecule has 2 fully saturated rings. The van der Waals surface area contributed by atoms with Crippen molar-refractivity contribution in [1.29, 1.82) is 0 Å². The van der Waals surface area contributed by atoms with E-state index < -0.39 is 0 Å². The second-order valence-electron chi connectivity index (χ2n) is 12.0. The zero-order valence-electron chi connectivity index (χ0n) is 32.3. The highest BCUT2D eigenvalue weighted by Gasteiger charge is 2.30. The molecule has 2 unspecified atom stereocenters. The van der Waals surface area contributed by atoms with E-state index in [-0.39, 0.29) is 0 Å². The van der Waals surface area contributed by atoms with Gasteiger partial charge in [0.05, 0.1) is 0 Å². The Morgan fingerprint density at radius 2 is 0.773 bits per heavy atom. The SMILES string of the molecule is CC.CC.CC.CC.CC1CCCN1C(C)(C)C.CC1CCCN1C(C)(C)C.c1ccc2c(c1)OCCO2.c1ccccc1. The molecule has 3 aliphatic heterocycles. The Morgan fingerprint density at radius 1 is 0.500 bits per heavy atom. The molecule has 258 valence electrons. The number of nitrogens with zero attached hydrogens (tertiary/aromatic N) is 2. The fourth-order valence-electron chi connectivity index (χ4n) is 5.24. The summed E-state index contributed by atoms with van der Waals surface area (Å²) in [6.45, 7) is 38.4. The van der Waals surface area contributed by atoms with Gasteiger partial charge in [-0.2, -0.15) is 0 Å². The molecule has 44 heavy (non-hydrogen) atoms. The Morgan fingerprint density at radius 3 is 0.955 bits per heavy atom. The molecule has 5 rings (SSSR count). The summed E-state index contributed by atoms with van der Waals surface area (Å²) in [4.78, 5) is 5.18. The summed E-state index contributed by atoms with van der Waals surface area (Å²) in [6.07, 6.45) is 5.55. The van der Waals surface area contributed by atoms with E-state index in [4.69, 9.17) is 9.47 Å². The predicted molar refractivity (Wildman–Crippen MR) is 200 cm³/mol. The number of para-hydroxylation sites is 2. The number of hydrogen-bond donors (Lipinski definition) is 0. The Labute approximate surface area is 276 Å². The van der Waals surface area contributed by atoms with E-state index in [0.717, 1.165) is 23.6 Å². The van der Waals surface area contributed by atoms with Gasteiger partial charge in [0.15, 0.2) is 11.5 Å². The van der Waals surface area contributed by atoms with Crippen molar-refractivity contribution in [1.82, 2.24) is 9.80 Å². The van der Waals surface area contributed by atoms with Crippen LogP contribution in [0, 0.1) is 0 Å². The molecule has 0 bridgehead atoms. The normalized spacial score (nSPS) is 18.4. The van der Waals surface area contributed by atoms with Gasteiger partial charge >= 0.3 is 0 Å². The maximum atomic E-state index is 5.30. The lowest BCUT2D eigenvalue weighted by Crippen LogP contribution is -2.43. The Kier molecular flexibility index (Phi) is 30.0. The third-order valence-electron chi connectivity index (χ3n) is 6.94. The predicted octanol–water partition coefficient (Wildman–Crippen LogP) is 11.8. The molecule has 3 heterocycles. The van der Waals surface area contributed by atoms with Crippen LogP contribution in [0.15, 0.2) is 60.7 Å². The Bertz CT molecular complexity index is 761. The maximum Gasteiger partial charge on any atom is 0.161 e. The van der Waals surface area contributed by atoms with Gasteiger partial charge in [-0.25, -0.2) is 0 Å². The molecule has 4 nitrogen and oxygen atoms in total. The maximum absolute atomic E-state index is 5.30. The van der Waals surface area contributed by atoms with E-state index in [0.29, 0.717) is 24.3 Å². The molecule has 0 saturated carbocycles. The van der Waals surface area contributed by atoms with Crippen LogP contribution < -0.4 is 9.47 Å². The van der Waals surface area contributed by atoms with E-state index in [2.05, 4.69) is 65.2 Å². The molecule has 0 aromatic heterocycles. The van der Waals surface area contributed by atoms with E-state index in [1.165, 1.54) is 38.8 Å². The molecular weight excluding hydrogens is 540 g/mol. The third kappa shape index (κ3) is 20.8. The van der Waals surface area contributed by atoms with Crippen LogP contribution in [0.3, 0.4) is 0 Å². The van der Waals surface area contributed by atoms with Gasteiger partial charge in [0, 0.05) is 23.2 Å². The van der Waals surface area contributed by atoms with Gasteiger partial charge < -0.3 is 9.47 Å². The zero-order chi connectivity index (χ0) is 34.6. The number of likely N-dealkylation sites (tertiary alicyclic amines) is 2. The molecule has 4 heteroatoms. The van der Waals surface area contributed by atoms with E-state index in [1.807, 2.05) is 116 Å². The first-order valence-corrected chi connectivity index (χ1v) is 17.9. The van der Waals surface area contributed by atoms with Gasteiger partial charge in [-0.05, 0) is 106 Å². The molecule has 3 aliphatic rings. The molecule has 2 aromatic rings. The van der Waals surface area contributed by atoms with E-state index in [9.17, 15) is 0 Å². The van der Waals surface area contributed by atoms with Crippen molar-refractivity contribution in [3.63, 3.8) is 0 Å². The first kappa shape index (κ1) is 46.4. The summed E-state index contributed by atoms with van der Waals surface area (Å²) in [5.41, 5.74) is 0.770. The zero-order valence-corrected chi connectivity index (χ0v) is 32.3. The molecule has 2 atom stereocenters. The van der Waals surface area contributed by atoms with Crippen molar-refractivity contribution in [2.45, 2.75) is 160 Å². The largest absolute Gasteiger partial charge is 0.486 e. The summed E-state index contributed by atoms with van der Waals surface area (Å²) in [6, 6.07) is 21.3. The highest BCUT2D eigenvalue weighted by atomic mass is 16.6. The van der Waals surface area contributed by atoms with Gasteiger partial charge in [0.2, 0.25) is 0 Å². The standard InChI is InChI=1S/2C9H19N.C8H8O2.C6H6.4C2H6/c2*1-8-6-5-7-10(8)9(2,3)4;1-2-4-8-7(3-1)9-5-6-10-8;1-2-4-6-5-3-1;4*1-2/h2*8H,5-7H2,1-4H3;1-4H,5-6H2;1-6H;4*1-2H3. The van der Waals surface area contributed by atoms with Crippen LogP contribution in [0.4, 0.5) is 0 Å². The molecule has 2 aromatic carbocycles. The lowest BCUT2D eigenvalue weighted by atomic mass is 10.1. The van der Waals surface area contributed by atoms with Crippen LogP contribution in [0.1, 0.15) is 136 Å². The summed E-state index contributed by atoms with van der Waals surface area (Å²) in [5.74, 6) is 1.71. The minimum Gasteiger partial charge on any atom is -0.486 e. The van der Waals surface area contributed by atoms with Crippen LogP contribution in [0.25, 0.3) is 0 Å². The summed E-state index contributed by atoms with van der Waals surface area (Å²) in [5, 5.41) is 0. The van der Waals surface area contributed by atoms with Crippen LogP contribution in [-0.2, 0) is 0 Å². The van der Waals surface area contributed by atoms with Crippen molar-refractivity contribution < 1.29 is 9.47 Å². The fourth-order valence-corrected chi connectivity index (χ4v) is 5.24. The van der Waals surface area contributed by atoms with Crippen LogP contribution in [0.2, 0.25) is 0 Å². The van der Waals surface area contributed by atoms with E-state index in [1.54, 1.807) is 0 Å². The minimum absolute atomic E-state index is 0.385. The van der Waals surface area contributed by atoms with Crippen molar-refractivity contribution in [2.75, 3.05) is 26.3 Å². The van der Waals surface area contributed by atoms with Gasteiger partial charge in [0.25, 0.3) is 0 Å². The molecule has 0 N–H and O–H groups in total. The first-order valence-electron chi connectivity index (χ1n) is 17.9. The first-order chi connectivity index (χ1) is 21.0.